The van der Waals surface area contributed by atoms with Crippen LogP contribution in [-0.4, -0.2) is 45.4 Å². The van der Waals surface area contributed by atoms with Crippen molar-refractivity contribution >= 4 is 17.1 Å². The third-order valence-electron chi connectivity index (χ3n) is 4.99. The number of aromatic nitrogens is 4. The van der Waals surface area contributed by atoms with E-state index in [-0.39, 0.29) is 30.3 Å². The van der Waals surface area contributed by atoms with Crippen molar-refractivity contribution in [1.82, 2.24) is 24.0 Å². The average Bonchev–Trinajstić information content (AvgIpc) is 3.12. The number of nitrogens with zero attached hydrogens (tertiary/aromatic N) is 4. The third-order valence-corrected chi connectivity index (χ3v) is 4.99. The molecule has 0 saturated carbocycles. The highest BCUT2D eigenvalue weighted by molar-refractivity contribution is 5.77. The van der Waals surface area contributed by atoms with Gasteiger partial charge < -0.3 is 19.4 Å². The second-order valence-corrected chi connectivity index (χ2v) is 6.82. The van der Waals surface area contributed by atoms with Crippen LogP contribution < -0.4 is 26.0 Å². The van der Waals surface area contributed by atoms with E-state index in [4.69, 9.17) is 9.47 Å². The smallest absolute Gasteiger partial charge is 0.332 e. The molecule has 1 amide bonds. The summed E-state index contributed by atoms with van der Waals surface area (Å²) in [5.41, 5.74) is 0.490. The maximum absolute atomic E-state index is 12.8. The molecule has 3 rings (SSSR count). The molecule has 0 aliphatic heterocycles. The van der Waals surface area contributed by atoms with Crippen molar-refractivity contribution < 1.29 is 14.3 Å². The van der Waals surface area contributed by atoms with Crippen LogP contribution in [0.4, 0.5) is 0 Å². The fourth-order valence-corrected chi connectivity index (χ4v) is 3.25. The molecule has 0 radical (unpaired) electrons. The Kier molecular flexibility index (Phi) is 6.68. The van der Waals surface area contributed by atoms with Crippen LogP contribution in [0, 0.1) is 11.8 Å². The Labute approximate surface area is 184 Å². The van der Waals surface area contributed by atoms with E-state index >= 15 is 0 Å². The quantitative estimate of drug-likeness (QED) is 0.559. The second-order valence-electron chi connectivity index (χ2n) is 6.82. The Morgan fingerprint density at radius 1 is 1.12 bits per heavy atom. The summed E-state index contributed by atoms with van der Waals surface area (Å²) in [6.45, 7) is 4.10. The zero-order chi connectivity index (χ0) is 23.4. The number of imidazole rings is 1. The highest BCUT2D eigenvalue weighted by Gasteiger charge is 2.18. The maximum atomic E-state index is 12.8. The fraction of sp³-hybridized carbons (Fsp3) is 0.364. The van der Waals surface area contributed by atoms with E-state index in [1.165, 1.54) is 23.3 Å². The number of benzene rings is 1. The summed E-state index contributed by atoms with van der Waals surface area (Å²) in [4.78, 5) is 41.2. The summed E-state index contributed by atoms with van der Waals surface area (Å²) in [5, 5.41) is 2.48. The van der Waals surface area contributed by atoms with Gasteiger partial charge in [-0.1, -0.05) is 5.92 Å². The highest BCUT2D eigenvalue weighted by atomic mass is 16.5. The first-order chi connectivity index (χ1) is 15.4. The summed E-state index contributed by atoms with van der Waals surface area (Å²) in [6.07, 6.45) is 0. The molecule has 2 aromatic heterocycles. The number of ether oxygens (including phenoxy) is 2. The average molecular weight is 439 g/mol. The number of amides is 1. The van der Waals surface area contributed by atoms with E-state index < -0.39 is 0 Å². The van der Waals surface area contributed by atoms with Crippen LogP contribution in [0.25, 0.3) is 11.2 Å². The number of carbonyl (C=O) groups excluding carboxylic acids is 1. The van der Waals surface area contributed by atoms with E-state index in [2.05, 4.69) is 22.1 Å². The van der Waals surface area contributed by atoms with Crippen molar-refractivity contribution in [3.8, 4) is 23.3 Å². The standard InChI is InChI=1S/C22H25N5O5/c1-6-26-20-19(21(29)27(7-2)22(26)30)25(4)17(24-20)11-9-14-8-10-15(16(12-14)31-5)32-13-18(28)23-3/h8,10,12H,6-7,13H2,1-5H3,(H,23,28). The van der Waals surface area contributed by atoms with Crippen molar-refractivity contribution in [2.75, 3.05) is 20.8 Å². The summed E-state index contributed by atoms with van der Waals surface area (Å²) in [7, 11) is 4.72. The van der Waals surface area contributed by atoms with E-state index in [9.17, 15) is 14.4 Å². The van der Waals surface area contributed by atoms with E-state index in [0.29, 0.717) is 40.6 Å². The normalized spacial score (nSPS) is 10.5. The lowest BCUT2D eigenvalue weighted by Gasteiger charge is -2.10. The summed E-state index contributed by atoms with van der Waals surface area (Å²) >= 11 is 0. The van der Waals surface area contributed by atoms with Crippen molar-refractivity contribution in [2.24, 2.45) is 7.05 Å². The van der Waals surface area contributed by atoms with Gasteiger partial charge in [-0.05, 0) is 38.0 Å². The molecule has 2 heterocycles. The number of methoxy groups -OCH3 is 1. The minimum atomic E-state index is -0.389. The van der Waals surface area contributed by atoms with Gasteiger partial charge in [0.15, 0.2) is 35.1 Å². The molecule has 0 aliphatic rings. The fourth-order valence-electron chi connectivity index (χ4n) is 3.25. The van der Waals surface area contributed by atoms with Gasteiger partial charge in [0.05, 0.1) is 7.11 Å². The van der Waals surface area contributed by atoms with Gasteiger partial charge in [-0.15, -0.1) is 0 Å². The molecule has 0 saturated heterocycles. The SMILES string of the molecule is CCn1c(=O)c2c(nc(C#Cc3ccc(OCC(=O)NC)c(OC)c3)n2C)n(CC)c1=O. The highest BCUT2D eigenvalue weighted by Crippen LogP contribution is 2.27. The first-order valence-electron chi connectivity index (χ1n) is 10.1. The molecule has 0 spiro atoms. The maximum Gasteiger partial charge on any atom is 0.332 e. The Bertz CT molecular complexity index is 1350. The molecule has 1 N–H and O–H groups in total. The second kappa shape index (κ2) is 9.43. The van der Waals surface area contributed by atoms with Gasteiger partial charge in [0.1, 0.15) is 0 Å². The van der Waals surface area contributed by atoms with E-state index in [0.717, 1.165) is 0 Å². The van der Waals surface area contributed by atoms with Crippen LogP contribution in [0.15, 0.2) is 27.8 Å². The van der Waals surface area contributed by atoms with E-state index in [1.807, 2.05) is 6.92 Å². The van der Waals surface area contributed by atoms with Crippen LogP contribution in [0.1, 0.15) is 25.2 Å². The lowest BCUT2D eigenvalue weighted by atomic mass is 10.2. The molecule has 3 aromatic rings. The van der Waals surface area contributed by atoms with Gasteiger partial charge in [0.25, 0.3) is 11.5 Å². The van der Waals surface area contributed by atoms with Gasteiger partial charge in [-0.3, -0.25) is 18.7 Å². The predicted octanol–water partition coefficient (Wildman–Crippen LogP) is 0.470. The Morgan fingerprint density at radius 2 is 1.84 bits per heavy atom. The molecular weight excluding hydrogens is 414 g/mol. The number of aryl methyl sites for hydroxylation is 2. The number of carbonyl (C=O) groups is 1. The monoisotopic (exact) mass is 439 g/mol. The lowest BCUT2D eigenvalue weighted by molar-refractivity contribution is -0.122. The summed E-state index contributed by atoms with van der Waals surface area (Å²) < 4.78 is 15.0. The molecule has 0 bridgehead atoms. The molecule has 1 aromatic carbocycles. The first kappa shape index (κ1) is 22.7. The van der Waals surface area contributed by atoms with Crippen LogP contribution in [0.5, 0.6) is 11.5 Å². The number of rotatable bonds is 6. The molecular formula is C22H25N5O5. The summed E-state index contributed by atoms with van der Waals surface area (Å²) in [6, 6.07) is 5.07. The van der Waals surface area contributed by atoms with Crippen LogP contribution in [-0.2, 0) is 24.9 Å². The number of hydrogen-bond acceptors (Lipinski definition) is 6. The molecule has 0 fully saturated rings. The van der Waals surface area contributed by atoms with Crippen LogP contribution in [0.3, 0.4) is 0 Å². The molecule has 0 atom stereocenters. The van der Waals surface area contributed by atoms with Crippen molar-refractivity contribution in [3.63, 3.8) is 0 Å². The van der Waals surface area contributed by atoms with E-state index in [1.54, 1.807) is 36.7 Å². The molecule has 0 aliphatic carbocycles. The molecule has 10 heteroatoms. The Balaban J connectivity index is 2.03. The van der Waals surface area contributed by atoms with Crippen LogP contribution in [0.2, 0.25) is 0 Å². The lowest BCUT2D eigenvalue weighted by Crippen LogP contribution is -2.39. The Morgan fingerprint density at radius 3 is 2.47 bits per heavy atom. The minimum absolute atomic E-state index is 0.133. The first-order valence-corrected chi connectivity index (χ1v) is 10.1. The number of hydrogen-bond donors (Lipinski definition) is 1. The molecule has 32 heavy (non-hydrogen) atoms. The summed E-state index contributed by atoms with van der Waals surface area (Å²) in [5.74, 6) is 6.89. The molecule has 168 valence electrons. The van der Waals surface area contributed by atoms with Gasteiger partial charge >= 0.3 is 5.69 Å². The van der Waals surface area contributed by atoms with Crippen molar-refractivity contribution in [1.29, 1.82) is 0 Å². The van der Waals surface area contributed by atoms with Gasteiger partial charge in [0.2, 0.25) is 0 Å². The number of fused-ring (bicyclic) bond motifs is 1. The number of likely N-dealkylation sites (N-methyl/N-ethyl adjacent to an activating group) is 1. The largest absolute Gasteiger partial charge is 0.493 e. The molecule has 0 unspecified atom stereocenters. The van der Waals surface area contributed by atoms with Gasteiger partial charge in [-0.25, -0.2) is 9.78 Å². The zero-order valence-electron chi connectivity index (χ0n) is 18.7. The minimum Gasteiger partial charge on any atom is -0.493 e. The third kappa shape index (κ3) is 4.09. The topological polar surface area (TPSA) is 109 Å². The zero-order valence-corrected chi connectivity index (χ0v) is 18.7. The van der Waals surface area contributed by atoms with Crippen molar-refractivity contribution in [2.45, 2.75) is 26.9 Å². The Hall–Kier alpha value is -4.00. The van der Waals surface area contributed by atoms with Crippen molar-refractivity contribution in [3.05, 3.63) is 50.4 Å². The molecule has 10 nitrogen and oxygen atoms in total. The van der Waals surface area contributed by atoms with Gasteiger partial charge in [-0.2, -0.15) is 0 Å². The van der Waals surface area contributed by atoms with Crippen LogP contribution >= 0.6 is 0 Å². The number of nitrogens with one attached hydrogen (secondary N) is 1. The van der Waals surface area contributed by atoms with Gasteiger partial charge in [0, 0.05) is 32.7 Å². The predicted molar refractivity (Wildman–Crippen MR) is 119 cm³/mol.